The zero-order valence-corrected chi connectivity index (χ0v) is 19.7. The maximum Gasteiger partial charge on any atom is 0.573 e. The summed E-state index contributed by atoms with van der Waals surface area (Å²) in [4.78, 5) is 14.0. The lowest BCUT2D eigenvalue weighted by Crippen LogP contribution is -2.47. The first-order valence-corrected chi connectivity index (χ1v) is 12.1. The first kappa shape index (κ1) is 26.7. The van der Waals surface area contributed by atoms with Crippen molar-refractivity contribution in [2.45, 2.75) is 49.3 Å². The van der Waals surface area contributed by atoms with Crippen molar-refractivity contribution in [3.63, 3.8) is 0 Å². The van der Waals surface area contributed by atoms with Crippen LogP contribution in [0.5, 0.6) is 11.5 Å². The Kier molecular flexibility index (Phi) is 7.63. The molecule has 1 aliphatic rings. The lowest BCUT2D eigenvalue weighted by Gasteiger charge is -2.40. The van der Waals surface area contributed by atoms with E-state index in [0.717, 1.165) is 12.1 Å². The largest absolute Gasteiger partial charge is 0.573 e. The Morgan fingerprint density at radius 3 is 2.20 bits per heavy atom. The van der Waals surface area contributed by atoms with Gasteiger partial charge in [-0.2, -0.15) is 8.78 Å². The molecule has 0 radical (unpaired) electrons. The first-order chi connectivity index (χ1) is 16.2. The van der Waals surface area contributed by atoms with Crippen LogP contribution in [0.25, 0.3) is 0 Å². The van der Waals surface area contributed by atoms with Gasteiger partial charge in [-0.1, -0.05) is 12.1 Å². The number of rotatable bonds is 7. The Labute approximate surface area is 199 Å². The summed E-state index contributed by atoms with van der Waals surface area (Å²) in [7, 11) is -4.06. The van der Waals surface area contributed by atoms with Crippen molar-refractivity contribution < 1.29 is 44.6 Å². The third-order valence-corrected chi connectivity index (χ3v) is 8.71. The molecule has 6 nitrogen and oxygen atoms in total. The molecule has 0 saturated carbocycles. The van der Waals surface area contributed by atoms with Gasteiger partial charge in [-0.25, -0.2) is 8.42 Å². The molecule has 0 aliphatic carbocycles. The van der Waals surface area contributed by atoms with Crippen molar-refractivity contribution >= 4 is 15.7 Å². The third kappa shape index (κ3) is 6.22. The molecule has 192 valence electrons. The van der Waals surface area contributed by atoms with Crippen LogP contribution in [0.4, 0.5) is 22.0 Å². The van der Waals surface area contributed by atoms with E-state index in [1.165, 1.54) is 55.1 Å². The Bertz CT molecular complexity index is 1160. The molecule has 1 fully saturated rings. The number of carbonyl (C=O) groups excluding carboxylic acids is 1. The highest BCUT2D eigenvalue weighted by molar-refractivity contribution is 7.92. The van der Waals surface area contributed by atoms with Gasteiger partial charge in [0.25, 0.3) is 5.91 Å². The Morgan fingerprint density at radius 2 is 1.60 bits per heavy atom. The standard InChI is InChI=1S/C23H24F5NO5S/c1-22(2,35(31,32)19-8-4-7-18(14-19)34-23(26,27)28)16-9-11-29(12-10-16)20(30)15-5-3-6-17(13-15)33-21(24)25/h3-8,13-14,16,21H,9-12H2,1-2H3. The van der Waals surface area contributed by atoms with Crippen molar-refractivity contribution in [1.82, 2.24) is 4.90 Å². The van der Waals surface area contributed by atoms with Gasteiger partial charge in [-0.15, -0.1) is 13.2 Å². The number of sulfone groups is 1. The zero-order chi connectivity index (χ0) is 26.0. The molecule has 2 aromatic carbocycles. The van der Waals surface area contributed by atoms with Gasteiger partial charge in [-0.05, 0) is 69.0 Å². The molecule has 2 aromatic rings. The molecule has 35 heavy (non-hydrogen) atoms. The minimum Gasteiger partial charge on any atom is -0.435 e. The number of ether oxygens (including phenoxy) is 2. The molecule has 0 bridgehead atoms. The van der Waals surface area contributed by atoms with Crippen LogP contribution in [0, 0.1) is 5.92 Å². The van der Waals surface area contributed by atoms with Crippen LogP contribution in [0.15, 0.2) is 53.4 Å². The van der Waals surface area contributed by atoms with Crippen molar-refractivity contribution in [3.05, 3.63) is 54.1 Å². The number of nitrogens with zero attached hydrogens (tertiary/aromatic N) is 1. The summed E-state index contributed by atoms with van der Waals surface area (Å²) in [5, 5.41) is 0. The second-order valence-electron chi connectivity index (χ2n) is 8.60. The number of hydrogen-bond donors (Lipinski definition) is 0. The Morgan fingerprint density at radius 1 is 1.00 bits per heavy atom. The monoisotopic (exact) mass is 521 g/mol. The van der Waals surface area contributed by atoms with Gasteiger partial charge in [0.05, 0.1) is 9.64 Å². The van der Waals surface area contributed by atoms with Gasteiger partial charge in [0.2, 0.25) is 0 Å². The van der Waals surface area contributed by atoms with Crippen molar-refractivity contribution in [2.75, 3.05) is 13.1 Å². The van der Waals surface area contributed by atoms with E-state index >= 15 is 0 Å². The second kappa shape index (κ2) is 10.00. The summed E-state index contributed by atoms with van der Waals surface area (Å²) in [5.41, 5.74) is 0.162. The van der Waals surface area contributed by atoms with Crippen LogP contribution >= 0.6 is 0 Å². The lowest BCUT2D eigenvalue weighted by molar-refractivity contribution is -0.274. The maximum absolute atomic E-state index is 13.3. The molecule has 12 heteroatoms. The van der Waals surface area contributed by atoms with E-state index < -0.39 is 45.1 Å². The maximum atomic E-state index is 13.3. The number of likely N-dealkylation sites (tertiary alicyclic amines) is 1. The third-order valence-electron chi connectivity index (χ3n) is 6.11. The molecule has 1 heterocycles. The molecular weight excluding hydrogens is 497 g/mol. The van der Waals surface area contributed by atoms with Gasteiger partial charge < -0.3 is 14.4 Å². The van der Waals surface area contributed by atoms with E-state index in [2.05, 4.69) is 9.47 Å². The van der Waals surface area contributed by atoms with E-state index in [1.54, 1.807) is 0 Å². The topological polar surface area (TPSA) is 72.9 Å². The molecule has 0 N–H and O–H groups in total. The first-order valence-electron chi connectivity index (χ1n) is 10.7. The predicted molar refractivity (Wildman–Crippen MR) is 116 cm³/mol. The summed E-state index contributed by atoms with van der Waals surface area (Å²) < 4.78 is 96.1. The molecule has 1 saturated heterocycles. The fraction of sp³-hybridized carbons (Fsp3) is 0.435. The van der Waals surface area contributed by atoms with Crippen LogP contribution in [0.3, 0.4) is 0 Å². The molecule has 0 atom stereocenters. The second-order valence-corrected chi connectivity index (χ2v) is 11.1. The summed E-state index contributed by atoms with van der Waals surface area (Å²) >= 11 is 0. The van der Waals surface area contributed by atoms with Gasteiger partial charge in [0.1, 0.15) is 11.5 Å². The molecule has 0 spiro atoms. The normalized spacial score (nSPS) is 15.8. The highest BCUT2D eigenvalue weighted by Crippen LogP contribution is 2.39. The van der Waals surface area contributed by atoms with Crippen LogP contribution in [0.2, 0.25) is 0 Å². The van der Waals surface area contributed by atoms with Crippen LogP contribution in [0.1, 0.15) is 37.0 Å². The van der Waals surface area contributed by atoms with Gasteiger partial charge in [0, 0.05) is 18.7 Å². The fourth-order valence-electron chi connectivity index (χ4n) is 4.13. The van der Waals surface area contributed by atoms with Crippen molar-refractivity contribution in [1.29, 1.82) is 0 Å². The summed E-state index contributed by atoms with van der Waals surface area (Å²) in [6.07, 6.45) is -4.31. The average molecular weight is 522 g/mol. The minimum absolute atomic E-state index is 0.148. The van der Waals surface area contributed by atoms with Crippen LogP contribution in [-0.4, -0.2) is 50.0 Å². The number of benzene rings is 2. The van der Waals surface area contributed by atoms with Gasteiger partial charge >= 0.3 is 13.0 Å². The number of piperidine rings is 1. The average Bonchev–Trinajstić information content (AvgIpc) is 2.77. The number of alkyl halides is 5. The van der Waals surface area contributed by atoms with E-state index in [9.17, 15) is 35.2 Å². The van der Waals surface area contributed by atoms with E-state index in [4.69, 9.17) is 0 Å². The van der Waals surface area contributed by atoms with E-state index in [1.807, 2.05) is 0 Å². The molecule has 3 rings (SSSR count). The number of hydrogen-bond acceptors (Lipinski definition) is 5. The van der Waals surface area contributed by atoms with Crippen molar-refractivity contribution in [2.24, 2.45) is 5.92 Å². The number of carbonyl (C=O) groups is 1. The molecule has 1 aliphatic heterocycles. The zero-order valence-electron chi connectivity index (χ0n) is 18.9. The summed E-state index contributed by atoms with van der Waals surface area (Å²) in [5.74, 6) is -1.57. The minimum atomic E-state index is -4.96. The van der Waals surface area contributed by atoms with E-state index in [-0.39, 0.29) is 29.3 Å². The van der Waals surface area contributed by atoms with Gasteiger partial charge in [0.15, 0.2) is 9.84 Å². The van der Waals surface area contributed by atoms with Gasteiger partial charge in [-0.3, -0.25) is 4.79 Å². The SMILES string of the molecule is CC(C)(C1CCN(C(=O)c2cccc(OC(F)F)c2)CC1)S(=O)(=O)c1cccc(OC(F)(F)F)c1. The smallest absolute Gasteiger partial charge is 0.435 e. The summed E-state index contributed by atoms with van der Waals surface area (Å²) in [6.45, 7) is 0.431. The molecular formula is C23H24F5NO5S. The van der Waals surface area contributed by atoms with Crippen LogP contribution < -0.4 is 9.47 Å². The summed E-state index contributed by atoms with van der Waals surface area (Å²) in [6, 6.07) is 9.66. The highest BCUT2D eigenvalue weighted by atomic mass is 32.2. The Balaban J connectivity index is 1.71. The fourth-order valence-corrected chi connectivity index (χ4v) is 5.94. The highest BCUT2D eigenvalue weighted by Gasteiger charge is 2.44. The predicted octanol–water partition coefficient (Wildman–Crippen LogP) is 5.29. The Hall–Kier alpha value is -2.89. The number of amides is 1. The molecule has 0 aromatic heterocycles. The lowest BCUT2D eigenvalue weighted by atomic mass is 9.85. The van der Waals surface area contributed by atoms with Crippen LogP contribution in [-0.2, 0) is 9.84 Å². The molecule has 1 amide bonds. The molecule has 0 unspecified atom stereocenters. The number of halogens is 5. The van der Waals surface area contributed by atoms with Crippen molar-refractivity contribution in [3.8, 4) is 11.5 Å². The quantitative estimate of drug-likeness (QED) is 0.463. The van der Waals surface area contributed by atoms with E-state index in [0.29, 0.717) is 12.8 Å².